The fourth-order valence-corrected chi connectivity index (χ4v) is 3.12. The van der Waals surface area contributed by atoms with Crippen molar-refractivity contribution in [3.05, 3.63) is 33.8 Å². The van der Waals surface area contributed by atoms with Gasteiger partial charge in [-0.15, -0.1) is 0 Å². The molecule has 0 aromatic heterocycles. The van der Waals surface area contributed by atoms with Crippen molar-refractivity contribution in [2.45, 2.75) is 31.7 Å². The highest BCUT2D eigenvalue weighted by Crippen LogP contribution is 2.37. The highest BCUT2D eigenvalue weighted by molar-refractivity contribution is 6.42. The van der Waals surface area contributed by atoms with Gasteiger partial charge in [-0.3, -0.25) is 4.90 Å². The summed E-state index contributed by atoms with van der Waals surface area (Å²) in [4.78, 5) is 2.58. The lowest BCUT2D eigenvalue weighted by Gasteiger charge is -2.31. The summed E-state index contributed by atoms with van der Waals surface area (Å²) >= 11 is 12.2. The third-order valence-corrected chi connectivity index (χ3v) is 5.11. The van der Waals surface area contributed by atoms with E-state index in [1.807, 2.05) is 12.1 Å². The highest BCUT2D eigenvalue weighted by atomic mass is 35.5. The third-order valence-electron chi connectivity index (χ3n) is 4.37. The van der Waals surface area contributed by atoms with E-state index in [4.69, 9.17) is 28.9 Å². The number of benzene rings is 1. The summed E-state index contributed by atoms with van der Waals surface area (Å²) < 4.78 is 0. The van der Waals surface area contributed by atoms with Crippen LogP contribution in [0.2, 0.25) is 10.0 Å². The van der Waals surface area contributed by atoms with E-state index >= 15 is 0 Å². The van der Waals surface area contributed by atoms with Crippen LogP contribution in [-0.2, 0) is 0 Å². The molecule has 2 saturated carbocycles. The smallest absolute Gasteiger partial charge is 0.0595 e. The maximum Gasteiger partial charge on any atom is 0.0595 e. The van der Waals surface area contributed by atoms with Crippen molar-refractivity contribution >= 4 is 23.2 Å². The summed E-state index contributed by atoms with van der Waals surface area (Å²) in [6.07, 6.45) is 5.50. The number of halogens is 2. The van der Waals surface area contributed by atoms with Gasteiger partial charge < -0.3 is 5.73 Å². The summed E-state index contributed by atoms with van der Waals surface area (Å²) in [5, 5.41) is 1.24. The van der Waals surface area contributed by atoms with Crippen molar-refractivity contribution < 1.29 is 0 Å². The molecule has 0 aliphatic heterocycles. The van der Waals surface area contributed by atoms with Gasteiger partial charge in [-0.25, -0.2) is 0 Å². The van der Waals surface area contributed by atoms with Gasteiger partial charge in [0.1, 0.15) is 0 Å². The van der Waals surface area contributed by atoms with Gasteiger partial charge in [0, 0.05) is 25.7 Å². The fraction of sp³-hybridized carbons (Fsp3) is 0.625. The summed E-state index contributed by atoms with van der Waals surface area (Å²) in [6, 6.07) is 6.20. The van der Waals surface area contributed by atoms with Crippen molar-refractivity contribution in [2.24, 2.45) is 17.6 Å². The first kappa shape index (κ1) is 14.6. The van der Waals surface area contributed by atoms with Crippen LogP contribution in [0.15, 0.2) is 18.2 Å². The zero-order valence-corrected chi connectivity index (χ0v) is 13.2. The minimum Gasteiger partial charge on any atom is -0.329 e. The normalized spacial score (nSPS) is 20.4. The van der Waals surface area contributed by atoms with Gasteiger partial charge in [-0.1, -0.05) is 29.3 Å². The van der Waals surface area contributed by atoms with Crippen molar-refractivity contribution in [3.63, 3.8) is 0 Å². The summed E-state index contributed by atoms with van der Waals surface area (Å²) in [7, 11) is 0. The molecule has 1 aromatic carbocycles. The molecular weight excluding hydrogens is 291 g/mol. The second-order valence-electron chi connectivity index (χ2n) is 6.27. The largest absolute Gasteiger partial charge is 0.329 e. The van der Waals surface area contributed by atoms with Crippen LogP contribution in [0, 0.1) is 11.8 Å². The monoisotopic (exact) mass is 312 g/mol. The second-order valence-corrected chi connectivity index (χ2v) is 7.08. The standard InChI is InChI=1S/C16H22Cl2N2/c17-14-6-5-13(7-15(14)18)16(8-19)20(9-11-1-2-11)10-12-3-4-12/h5-7,11-12,16H,1-4,8-10,19H2. The molecule has 2 nitrogen and oxygen atoms in total. The van der Waals surface area contributed by atoms with E-state index in [0.29, 0.717) is 16.6 Å². The van der Waals surface area contributed by atoms with Crippen LogP contribution in [0.5, 0.6) is 0 Å². The molecule has 0 spiro atoms. The summed E-state index contributed by atoms with van der Waals surface area (Å²) in [6.45, 7) is 2.99. The maximum absolute atomic E-state index is 6.16. The molecule has 4 heteroatoms. The van der Waals surface area contributed by atoms with Crippen LogP contribution in [0.25, 0.3) is 0 Å². The van der Waals surface area contributed by atoms with Gasteiger partial charge in [-0.2, -0.15) is 0 Å². The Morgan fingerprint density at radius 3 is 2.10 bits per heavy atom. The quantitative estimate of drug-likeness (QED) is 0.820. The average molecular weight is 313 g/mol. The molecule has 1 unspecified atom stereocenters. The second kappa shape index (κ2) is 6.23. The Morgan fingerprint density at radius 1 is 1.05 bits per heavy atom. The third kappa shape index (κ3) is 3.67. The molecule has 2 aliphatic rings. The molecule has 1 atom stereocenters. The van der Waals surface area contributed by atoms with Crippen LogP contribution in [-0.4, -0.2) is 24.5 Å². The van der Waals surface area contributed by atoms with E-state index in [1.165, 1.54) is 44.3 Å². The predicted molar refractivity (Wildman–Crippen MR) is 85.3 cm³/mol. The van der Waals surface area contributed by atoms with E-state index in [0.717, 1.165) is 11.8 Å². The summed E-state index contributed by atoms with van der Waals surface area (Å²) in [5.74, 6) is 1.76. The van der Waals surface area contributed by atoms with Crippen LogP contribution in [0.3, 0.4) is 0 Å². The Hall–Kier alpha value is -0.280. The van der Waals surface area contributed by atoms with Crippen molar-refractivity contribution in [1.29, 1.82) is 0 Å². The lowest BCUT2D eigenvalue weighted by Crippen LogP contribution is -2.36. The Morgan fingerprint density at radius 2 is 1.65 bits per heavy atom. The fourth-order valence-electron chi connectivity index (χ4n) is 2.81. The molecule has 1 aromatic rings. The molecule has 110 valence electrons. The zero-order chi connectivity index (χ0) is 14.1. The highest BCUT2D eigenvalue weighted by Gasteiger charge is 2.32. The van der Waals surface area contributed by atoms with Gasteiger partial charge in [0.05, 0.1) is 10.0 Å². The molecule has 0 amide bonds. The molecule has 2 aliphatic carbocycles. The van der Waals surface area contributed by atoms with Crippen LogP contribution >= 0.6 is 23.2 Å². The lowest BCUT2D eigenvalue weighted by molar-refractivity contribution is 0.185. The van der Waals surface area contributed by atoms with Crippen molar-refractivity contribution in [3.8, 4) is 0 Å². The van der Waals surface area contributed by atoms with Gasteiger partial charge in [0.2, 0.25) is 0 Å². The molecule has 2 fully saturated rings. The number of nitrogens with zero attached hydrogens (tertiary/aromatic N) is 1. The van der Waals surface area contributed by atoms with E-state index in [2.05, 4.69) is 11.0 Å². The SMILES string of the molecule is NCC(c1ccc(Cl)c(Cl)c1)N(CC1CC1)CC1CC1. The zero-order valence-electron chi connectivity index (χ0n) is 11.7. The number of rotatable bonds is 7. The van der Waals surface area contributed by atoms with Gasteiger partial charge in [0.25, 0.3) is 0 Å². The molecule has 20 heavy (non-hydrogen) atoms. The van der Waals surface area contributed by atoms with E-state index in [1.54, 1.807) is 0 Å². The Labute approximate surface area is 131 Å². The lowest BCUT2D eigenvalue weighted by atomic mass is 10.0. The maximum atomic E-state index is 6.16. The molecule has 0 saturated heterocycles. The molecule has 2 N–H and O–H groups in total. The first-order valence-electron chi connectivity index (χ1n) is 7.56. The van der Waals surface area contributed by atoms with Crippen molar-refractivity contribution in [1.82, 2.24) is 4.90 Å². The number of nitrogens with two attached hydrogens (primary N) is 1. The number of hydrogen-bond acceptors (Lipinski definition) is 2. The van der Waals surface area contributed by atoms with Gasteiger partial charge in [-0.05, 0) is 55.2 Å². The average Bonchev–Trinajstić information content (AvgIpc) is 3.30. The predicted octanol–water partition coefficient (Wildman–Crippen LogP) is 4.12. The van der Waals surface area contributed by atoms with E-state index in [9.17, 15) is 0 Å². The molecule has 0 heterocycles. The minimum atomic E-state index is 0.269. The van der Waals surface area contributed by atoms with Crippen molar-refractivity contribution in [2.75, 3.05) is 19.6 Å². The Bertz CT molecular complexity index is 456. The van der Waals surface area contributed by atoms with Gasteiger partial charge >= 0.3 is 0 Å². The van der Waals surface area contributed by atoms with Crippen LogP contribution in [0.4, 0.5) is 0 Å². The van der Waals surface area contributed by atoms with Gasteiger partial charge in [0.15, 0.2) is 0 Å². The van der Waals surface area contributed by atoms with Crippen LogP contribution < -0.4 is 5.73 Å². The Kier molecular flexibility index (Phi) is 4.56. The molecule has 0 radical (unpaired) electrons. The molecule has 3 rings (SSSR count). The van der Waals surface area contributed by atoms with E-state index in [-0.39, 0.29) is 6.04 Å². The Balaban J connectivity index is 1.77. The first-order chi connectivity index (χ1) is 9.67. The number of hydrogen-bond donors (Lipinski definition) is 1. The molecular formula is C16H22Cl2N2. The minimum absolute atomic E-state index is 0.269. The van der Waals surface area contributed by atoms with Crippen LogP contribution in [0.1, 0.15) is 37.3 Å². The first-order valence-corrected chi connectivity index (χ1v) is 8.32. The topological polar surface area (TPSA) is 29.3 Å². The van der Waals surface area contributed by atoms with E-state index < -0.39 is 0 Å². The summed E-state index contributed by atoms with van der Waals surface area (Å²) in [5.41, 5.74) is 7.27. The molecule has 0 bridgehead atoms.